The number of hydrogen-bond donors (Lipinski definition) is 1. The van der Waals surface area contributed by atoms with Gasteiger partial charge >= 0.3 is 18.2 Å². The molecule has 130 valence electrons. The second-order valence-electron chi connectivity index (χ2n) is 4.73. The molecule has 0 aromatic heterocycles. The van der Waals surface area contributed by atoms with Gasteiger partial charge in [-0.25, -0.2) is 4.79 Å². The van der Waals surface area contributed by atoms with E-state index in [4.69, 9.17) is 4.74 Å². The molecule has 1 fully saturated rings. The Hall–Kier alpha value is -2.23. The number of rotatable bonds is 6. The van der Waals surface area contributed by atoms with Crippen molar-refractivity contribution >= 4 is 29.7 Å². The van der Waals surface area contributed by atoms with Crippen LogP contribution in [0.3, 0.4) is 0 Å². The lowest BCUT2D eigenvalue weighted by Gasteiger charge is -2.11. The molecule has 0 spiro atoms. The second kappa shape index (κ2) is 7.56. The summed E-state index contributed by atoms with van der Waals surface area (Å²) in [7, 11) is 0. The fourth-order valence-corrected chi connectivity index (χ4v) is 2.65. The molecule has 1 heterocycles. The average Bonchev–Trinajstić information content (AvgIpc) is 2.83. The third kappa shape index (κ3) is 4.88. The van der Waals surface area contributed by atoms with E-state index >= 15 is 0 Å². The van der Waals surface area contributed by atoms with E-state index < -0.39 is 36.2 Å². The van der Waals surface area contributed by atoms with E-state index in [1.807, 2.05) is 0 Å². The lowest BCUT2D eigenvalue weighted by molar-refractivity contribution is -0.146. The van der Waals surface area contributed by atoms with Crippen LogP contribution in [0, 0.1) is 0 Å². The summed E-state index contributed by atoms with van der Waals surface area (Å²) in [6.07, 6.45) is -4.41. The number of hydrogen-bond acceptors (Lipinski definition) is 5. The van der Waals surface area contributed by atoms with Crippen LogP contribution in [-0.4, -0.2) is 48.3 Å². The summed E-state index contributed by atoms with van der Waals surface area (Å²) >= 11 is 1.10. The maximum Gasteiger partial charge on any atom is 0.416 e. The number of imide groups is 1. The molecule has 0 saturated carbocycles. The van der Waals surface area contributed by atoms with Crippen LogP contribution in [0.15, 0.2) is 29.2 Å². The minimum absolute atomic E-state index is 0.0522. The molecule has 1 aliphatic heterocycles. The molecule has 0 bridgehead atoms. The van der Waals surface area contributed by atoms with Crippen molar-refractivity contribution in [3.05, 3.63) is 29.8 Å². The third-order valence-corrected chi connectivity index (χ3v) is 3.96. The van der Waals surface area contributed by atoms with Crippen molar-refractivity contribution in [2.45, 2.75) is 11.1 Å². The number of esters is 1. The van der Waals surface area contributed by atoms with Crippen LogP contribution < -0.4 is 5.32 Å². The molecule has 0 unspecified atom stereocenters. The van der Waals surface area contributed by atoms with Gasteiger partial charge in [0.2, 0.25) is 0 Å². The Morgan fingerprint density at radius 1 is 1.33 bits per heavy atom. The Kier molecular flexibility index (Phi) is 5.71. The van der Waals surface area contributed by atoms with Crippen molar-refractivity contribution in [3.8, 4) is 0 Å². The Labute approximate surface area is 139 Å². The standard InChI is InChI=1S/C14H13F3N2O4S/c15-14(16,17)9-2-1-3-10(6-9)24-5-4-23-12(21)8-19-11(20)7-18-13(19)22/h1-3,6H,4-5,7-8H2,(H,18,22). The van der Waals surface area contributed by atoms with E-state index in [0.717, 1.165) is 28.8 Å². The van der Waals surface area contributed by atoms with Gasteiger partial charge in [0.15, 0.2) is 0 Å². The molecule has 6 nitrogen and oxygen atoms in total. The molecule has 1 aromatic rings. The summed E-state index contributed by atoms with van der Waals surface area (Å²) in [4.78, 5) is 35.2. The number of ether oxygens (including phenoxy) is 1. The summed E-state index contributed by atoms with van der Waals surface area (Å²) in [6, 6.07) is 4.15. The summed E-state index contributed by atoms with van der Waals surface area (Å²) in [6.45, 7) is -0.695. The van der Waals surface area contributed by atoms with Crippen molar-refractivity contribution in [1.82, 2.24) is 10.2 Å². The van der Waals surface area contributed by atoms with E-state index in [9.17, 15) is 27.6 Å². The molecule has 0 radical (unpaired) electrons. The molecule has 10 heteroatoms. The monoisotopic (exact) mass is 362 g/mol. The fraction of sp³-hybridized carbons (Fsp3) is 0.357. The molecule has 1 aliphatic rings. The van der Waals surface area contributed by atoms with E-state index in [2.05, 4.69) is 5.32 Å². The summed E-state index contributed by atoms with van der Waals surface area (Å²) in [5, 5.41) is 2.26. The minimum atomic E-state index is -4.41. The number of nitrogens with one attached hydrogen (secondary N) is 1. The maximum atomic E-state index is 12.6. The van der Waals surface area contributed by atoms with Gasteiger partial charge in [-0.3, -0.25) is 14.5 Å². The highest BCUT2D eigenvalue weighted by Crippen LogP contribution is 2.31. The van der Waals surface area contributed by atoms with Crippen molar-refractivity contribution in [3.63, 3.8) is 0 Å². The molecule has 24 heavy (non-hydrogen) atoms. The van der Waals surface area contributed by atoms with Crippen molar-refractivity contribution in [2.24, 2.45) is 0 Å². The highest BCUT2D eigenvalue weighted by atomic mass is 32.2. The summed E-state index contributed by atoms with van der Waals surface area (Å²) in [5.74, 6) is -1.03. The molecule has 2 rings (SSSR count). The minimum Gasteiger partial charge on any atom is -0.463 e. The molecule has 1 N–H and O–H groups in total. The smallest absolute Gasteiger partial charge is 0.416 e. The number of halogens is 3. The molecule has 0 atom stereocenters. The summed E-state index contributed by atoms with van der Waals surface area (Å²) in [5.41, 5.74) is -0.747. The van der Waals surface area contributed by atoms with Gasteiger partial charge in [-0.2, -0.15) is 13.2 Å². The predicted octanol–water partition coefficient (Wildman–Crippen LogP) is 1.89. The van der Waals surface area contributed by atoms with Crippen LogP contribution in [0.4, 0.5) is 18.0 Å². The first-order valence-electron chi connectivity index (χ1n) is 6.81. The number of amides is 3. The van der Waals surface area contributed by atoms with Gasteiger partial charge in [-0.05, 0) is 18.2 Å². The van der Waals surface area contributed by atoms with Crippen molar-refractivity contribution in [2.75, 3.05) is 25.4 Å². The molecular formula is C14H13F3N2O4S. The predicted molar refractivity (Wildman–Crippen MR) is 78.2 cm³/mol. The lowest BCUT2D eigenvalue weighted by atomic mass is 10.2. The first-order valence-corrected chi connectivity index (χ1v) is 7.80. The van der Waals surface area contributed by atoms with Crippen molar-refractivity contribution < 1.29 is 32.3 Å². The largest absolute Gasteiger partial charge is 0.463 e. The maximum absolute atomic E-state index is 12.6. The number of carbonyl (C=O) groups excluding carboxylic acids is 3. The van der Waals surface area contributed by atoms with Crippen LogP contribution in [0.25, 0.3) is 0 Å². The zero-order valence-corrected chi connectivity index (χ0v) is 13.1. The highest BCUT2D eigenvalue weighted by Gasteiger charge is 2.31. The SMILES string of the molecule is O=C(CN1C(=O)CNC1=O)OCCSc1cccc(C(F)(F)F)c1. The number of thioether (sulfide) groups is 1. The molecule has 1 saturated heterocycles. The van der Waals surface area contributed by atoms with Gasteiger partial charge in [-0.1, -0.05) is 6.07 Å². The van der Waals surface area contributed by atoms with Gasteiger partial charge in [0.25, 0.3) is 5.91 Å². The average molecular weight is 362 g/mol. The van der Waals surface area contributed by atoms with Gasteiger partial charge in [-0.15, -0.1) is 11.8 Å². The zero-order chi connectivity index (χ0) is 17.7. The Morgan fingerprint density at radius 2 is 2.08 bits per heavy atom. The van der Waals surface area contributed by atoms with Gasteiger partial charge in [0.1, 0.15) is 13.2 Å². The Balaban J connectivity index is 1.74. The first-order chi connectivity index (χ1) is 11.3. The Morgan fingerprint density at radius 3 is 2.71 bits per heavy atom. The quantitative estimate of drug-likeness (QED) is 0.362. The number of carbonyl (C=O) groups is 3. The third-order valence-electron chi connectivity index (χ3n) is 3.00. The van der Waals surface area contributed by atoms with Crippen molar-refractivity contribution in [1.29, 1.82) is 0 Å². The fourth-order valence-electron chi connectivity index (χ4n) is 1.87. The topological polar surface area (TPSA) is 75.7 Å². The number of urea groups is 1. The van der Waals surface area contributed by atoms with E-state index in [-0.39, 0.29) is 18.9 Å². The van der Waals surface area contributed by atoms with Crippen LogP contribution in [-0.2, 0) is 20.5 Å². The summed E-state index contributed by atoms with van der Waals surface area (Å²) < 4.78 is 42.6. The van der Waals surface area contributed by atoms with Crippen LogP contribution >= 0.6 is 11.8 Å². The van der Waals surface area contributed by atoms with Crippen LogP contribution in [0.2, 0.25) is 0 Å². The number of benzene rings is 1. The lowest BCUT2D eigenvalue weighted by Crippen LogP contribution is -2.36. The molecule has 3 amide bonds. The molecule has 1 aromatic carbocycles. The van der Waals surface area contributed by atoms with Gasteiger partial charge < -0.3 is 10.1 Å². The number of nitrogens with zero attached hydrogens (tertiary/aromatic N) is 1. The van der Waals surface area contributed by atoms with Crippen LogP contribution in [0.1, 0.15) is 5.56 Å². The Bertz CT molecular complexity index is 635. The normalized spacial score (nSPS) is 14.7. The first kappa shape index (κ1) is 18.1. The van der Waals surface area contributed by atoms with Crippen LogP contribution in [0.5, 0.6) is 0 Å². The zero-order valence-electron chi connectivity index (χ0n) is 12.3. The van der Waals surface area contributed by atoms with E-state index in [1.165, 1.54) is 12.1 Å². The van der Waals surface area contributed by atoms with Gasteiger partial charge in [0, 0.05) is 10.6 Å². The highest BCUT2D eigenvalue weighted by molar-refractivity contribution is 7.99. The second-order valence-corrected chi connectivity index (χ2v) is 5.90. The molecule has 0 aliphatic carbocycles. The van der Waals surface area contributed by atoms with E-state index in [0.29, 0.717) is 4.90 Å². The van der Waals surface area contributed by atoms with Gasteiger partial charge in [0.05, 0.1) is 12.1 Å². The number of alkyl halides is 3. The molecular weight excluding hydrogens is 349 g/mol. The van der Waals surface area contributed by atoms with E-state index in [1.54, 1.807) is 0 Å².